The SMILES string of the molecule is CCCSc1ccc(C(C)NCC)c(Cl)c1. The van der Waals surface area contributed by atoms with Crippen LogP contribution in [0.25, 0.3) is 0 Å². The van der Waals surface area contributed by atoms with Gasteiger partial charge in [0.05, 0.1) is 0 Å². The fraction of sp³-hybridized carbons (Fsp3) is 0.538. The van der Waals surface area contributed by atoms with Gasteiger partial charge in [-0.2, -0.15) is 0 Å². The summed E-state index contributed by atoms with van der Waals surface area (Å²) < 4.78 is 0. The zero-order valence-corrected chi connectivity index (χ0v) is 11.8. The number of thioether (sulfide) groups is 1. The summed E-state index contributed by atoms with van der Waals surface area (Å²) >= 11 is 8.15. The van der Waals surface area contributed by atoms with Gasteiger partial charge in [-0.3, -0.25) is 0 Å². The Bertz CT molecular complexity index is 328. The van der Waals surface area contributed by atoms with E-state index in [-0.39, 0.29) is 0 Å². The number of rotatable bonds is 6. The molecule has 0 aliphatic rings. The summed E-state index contributed by atoms with van der Waals surface area (Å²) in [6, 6.07) is 6.69. The van der Waals surface area contributed by atoms with Gasteiger partial charge in [0.15, 0.2) is 0 Å². The van der Waals surface area contributed by atoms with Crippen LogP contribution in [-0.4, -0.2) is 12.3 Å². The molecule has 0 fully saturated rings. The molecular weight excluding hydrogens is 238 g/mol. The molecule has 16 heavy (non-hydrogen) atoms. The highest BCUT2D eigenvalue weighted by Crippen LogP contribution is 2.28. The van der Waals surface area contributed by atoms with E-state index in [1.54, 1.807) is 0 Å². The molecule has 0 bridgehead atoms. The maximum Gasteiger partial charge on any atom is 0.0464 e. The molecule has 1 unspecified atom stereocenters. The minimum atomic E-state index is 0.322. The number of halogens is 1. The Morgan fingerprint density at radius 1 is 1.38 bits per heavy atom. The lowest BCUT2D eigenvalue weighted by Gasteiger charge is -2.15. The van der Waals surface area contributed by atoms with Crippen LogP contribution in [0.1, 0.15) is 38.8 Å². The van der Waals surface area contributed by atoms with Crippen LogP contribution in [0.15, 0.2) is 23.1 Å². The van der Waals surface area contributed by atoms with Crippen molar-refractivity contribution in [2.45, 2.75) is 38.1 Å². The molecule has 0 amide bonds. The highest BCUT2D eigenvalue weighted by atomic mass is 35.5. The van der Waals surface area contributed by atoms with Crippen molar-refractivity contribution >= 4 is 23.4 Å². The van der Waals surface area contributed by atoms with Crippen LogP contribution in [-0.2, 0) is 0 Å². The molecule has 0 heterocycles. The predicted octanol–water partition coefficient (Wildman–Crippen LogP) is 4.51. The molecule has 0 aliphatic carbocycles. The zero-order chi connectivity index (χ0) is 12.0. The Kier molecular flexibility index (Phi) is 6.25. The third-order valence-electron chi connectivity index (χ3n) is 2.42. The summed E-state index contributed by atoms with van der Waals surface area (Å²) in [7, 11) is 0. The summed E-state index contributed by atoms with van der Waals surface area (Å²) in [5, 5.41) is 4.24. The molecule has 0 radical (unpaired) electrons. The van der Waals surface area contributed by atoms with Crippen molar-refractivity contribution < 1.29 is 0 Å². The number of nitrogens with one attached hydrogen (secondary N) is 1. The summed E-state index contributed by atoms with van der Waals surface area (Å²) in [5.41, 5.74) is 1.18. The number of hydrogen-bond donors (Lipinski definition) is 1. The van der Waals surface area contributed by atoms with Crippen LogP contribution in [0, 0.1) is 0 Å². The normalized spacial score (nSPS) is 12.8. The summed E-state index contributed by atoms with van der Waals surface area (Å²) in [6.07, 6.45) is 1.19. The van der Waals surface area contributed by atoms with E-state index < -0.39 is 0 Å². The monoisotopic (exact) mass is 257 g/mol. The molecule has 0 spiro atoms. The fourth-order valence-electron chi connectivity index (χ4n) is 1.58. The molecule has 1 rings (SSSR count). The van der Waals surface area contributed by atoms with E-state index in [1.165, 1.54) is 16.9 Å². The van der Waals surface area contributed by atoms with Crippen LogP contribution in [0.3, 0.4) is 0 Å². The minimum Gasteiger partial charge on any atom is -0.310 e. The van der Waals surface area contributed by atoms with Gasteiger partial charge in [0, 0.05) is 16.0 Å². The van der Waals surface area contributed by atoms with Gasteiger partial charge in [0.2, 0.25) is 0 Å². The molecule has 1 nitrogen and oxygen atoms in total. The van der Waals surface area contributed by atoms with E-state index in [4.69, 9.17) is 11.6 Å². The van der Waals surface area contributed by atoms with E-state index in [0.717, 1.165) is 17.3 Å². The predicted molar refractivity (Wildman–Crippen MR) is 74.6 cm³/mol. The van der Waals surface area contributed by atoms with Crippen molar-refractivity contribution in [1.29, 1.82) is 0 Å². The quantitative estimate of drug-likeness (QED) is 0.753. The van der Waals surface area contributed by atoms with Gasteiger partial charge in [0.25, 0.3) is 0 Å². The smallest absolute Gasteiger partial charge is 0.0464 e. The Labute approximate surface area is 108 Å². The van der Waals surface area contributed by atoms with E-state index in [0.29, 0.717) is 6.04 Å². The molecule has 1 atom stereocenters. The first-order valence-electron chi connectivity index (χ1n) is 5.84. The van der Waals surface area contributed by atoms with Gasteiger partial charge in [-0.05, 0) is 43.3 Å². The summed E-state index contributed by atoms with van der Waals surface area (Å²) in [4.78, 5) is 1.26. The van der Waals surface area contributed by atoms with E-state index in [2.05, 4.69) is 44.3 Å². The Hall–Kier alpha value is -0.180. The highest BCUT2D eigenvalue weighted by molar-refractivity contribution is 7.99. The van der Waals surface area contributed by atoms with Crippen molar-refractivity contribution in [3.8, 4) is 0 Å². The lowest BCUT2D eigenvalue weighted by molar-refractivity contribution is 0.598. The standard InChI is InChI=1S/C13H20ClNS/c1-4-8-16-11-6-7-12(13(14)9-11)10(3)15-5-2/h6-7,9-10,15H,4-5,8H2,1-3H3. The van der Waals surface area contributed by atoms with Gasteiger partial charge in [-0.25, -0.2) is 0 Å². The molecule has 3 heteroatoms. The van der Waals surface area contributed by atoms with E-state index in [9.17, 15) is 0 Å². The summed E-state index contributed by atoms with van der Waals surface area (Å²) in [6.45, 7) is 7.40. The first-order chi connectivity index (χ1) is 7.69. The molecule has 1 N–H and O–H groups in total. The van der Waals surface area contributed by atoms with Gasteiger partial charge in [0.1, 0.15) is 0 Å². The Morgan fingerprint density at radius 2 is 2.12 bits per heavy atom. The second-order valence-corrected chi connectivity index (χ2v) is 5.39. The molecule has 90 valence electrons. The topological polar surface area (TPSA) is 12.0 Å². The Balaban J connectivity index is 2.74. The van der Waals surface area contributed by atoms with Crippen molar-refractivity contribution in [3.63, 3.8) is 0 Å². The van der Waals surface area contributed by atoms with Crippen LogP contribution < -0.4 is 5.32 Å². The minimum absolute atomic E-state index is 0.322. The van der Waals surface area contributed by atoms with Crippen LogP contribution in [0.5, 0.6) is 0 Å². The van der Waals surface area contributed by atoms with Crippen molar-refractivity contribution in [2.75, 3.05) is 12.3 Å². The second-order valence-electron chi connectivity index (χ2n) is 3.81. The third-order valence-corrected chi connectivity index (χ3v) is 3.95. The van der Waals surface area contributed by atoms with E-state index in [1.807, 2.05) is 11.8 Å². The largest absolute Gasteiger partial charge is 0.310 e. The molecular formula is C13H20ClNS. The molecule has 1 aromatic carbocycles. The lowest BCUT2D eigenvalue weighted by Crippen LogP contribution is -2.17. The molecule has 0 aliphatic heterocycles. The van der Waals surface area contributed by atoms with E-state index >= 15 is 0 Å². The van der Waals surface area contributed by atoms with Gasteiger partial charge in [-0.15, -0.1) is 11.8 Å². The maximum absolute atomic E-state index is 6.29. The molecule has 0 saturated heterocycles. The average Bonchev–Trinajstić information content (AvgIpc) is 2.26. The third kappa shape index (κ3) is 4.00. The maximum atomic E-state index is 6.29. The molecule has 1 aromatic rings. The lowest BCUT2D eigenvalue weighted by atomic mass is 10.1. The Morgan fingerprint density at radius 3 is 2.69 bits per heavy atom. The zero-order valence-electron chi connectivity index (χ0n) is 10.2. The summed E-state index contributed by atoms with van der Waals surface area (Å²) in [5.74, 6) is 1.15. The molecule has 0 saturated carbocycles. The van der Waals surface area contributed by atoms with Crippen LogP contribution in [0.4, 0.5) is 0 Å². The van der Waals surface area contributed by atoms with Crippen LogP contribution >= 0.6 is 23.4 Å². The molecule has 0 aromatic heterocycles. The number of benzene rings is 1. The first kappa shape index (κ1) is 13.9. The fourth-order valence-corrected chi connectivity index (χ4v) is 2.80. The van der Waals surface area contributed by atoms with Crippen LogP contribution in [0.2, 0.25) is 5.02 Å². The van der Waals surface area contributed by atoms with Gasteiger partial charge in [-0.1, -0.05) is 31.5 Å². The van der Waals surface area contributed by atoms with Crippen molar-refractivity contribution in [2.24, 2.45) is 0 Å². The second kappa shape index (κ2) is 7.21. The average molecular weight is 258 g/mol. The highest BCUT2D eigenvalue weighted by Gasteiger charge is 2.08. The van der Waals surface area contributed by atoms with Gasteiger partial charge >= 0.3 is 0 Å². The van der Waals surface area contributed by atoms with Crippen molar-refractivity contribution in [3.05, 3.63) is 28.8 Å². The van der Waals surface area contributed by atoms with Gasteiger partial charge < -0.3 is 5.32 Å². The van der Waals surface area contributed by atoms with Crippen molar-refractivity contribution in [1.82, 2.24) is 5.32 Å². The number of hydrogen-bond acceptors (Lipinski definition) is 2. The first-order valence-corrected chi connectivity index (χ1v) is 7.21.